The van der Waals surface area contributed by atoms with Crippen molar-refractivity contribution in [1.29, 1.82) is 0 Å². The molecule has 5 heteroatoms. The summed E-state index contributed by atoms with van der Waals surface area (Å²) >= 11 is 20.8. The number of halogens is 5. The van der Waals surface area contributed by atoms with Gasteiger partial charge in [-0.1, -0.05) is 0 Å². The van der Waals surface area contributed by atoms with Crippen molar-refractivity contribution in [3.8, 4) is 0 Å². The Kier molecular flexibility index (Phi) is 5.42. The van der Waals surface area contributed by atoms with Crippen LogP contribution in [0.4, 0.5) is 4.39 Å². The van der Waals surface area contributed by atoms with Gasteiger partial charge < -0.3 is 0 Å². The number of hydrogen-bond donors (Lipinski definition) is 0. The number of alkyl halides is 5. The van der Waals surface area contributed by atoms with Crippen LogP contribution in [0.25, 0.3) is 0 Å². The van der Waals surface area contributed by atoms with E-state index in [9.17, 15) is 4.39 Å². The van der Waals surface area contributed by atoms with Crippen molar-refractivity contribution in [2.45, 2.75) is 16.4 Å². The van der Waals surface area contributed by atoms with E-state index in [2.05, 4.69) is 0 Å². The highest BCUT2D eigenvalue weighted by atomic mass is 35.5. The molecular weight excluding hydrogens is 209 g/mol. The Morgan fingerprint density at radius 3 is 1.78 bits per heavy atom. The zero-order chi connectivity index (χ0) is 7.44. The molecule has 0 amide bonds. The molecule has 0 aliphatic rings. The minimum absolute atomic E-state index is 0.0126. The van der Waals surface area contributed by atoms with Crippen LogP contribution in [0.5, 0.6) is 0 Å². The van der Waals surface area contributed by atoms with E-state index in [4.69, 9.17) is 46.4 Å². The molecule has 0 spiro atoms. The molecular formula is C4H5Cl4F. The Hall–Kier alpha value is 1.09. The van der Waals surface area contributed by atoms with E-state index in [1.54, 1.807) is 0 Å². The Labute approximate surface area is 73.2 Å². The van der Waals surface area contributed by atoms with Crippen LogP contribution in [0, 0.1) is 0 Å². The van der Waals surface area contributed by atoms with Gasteiger partial charge in [0.2, 0.25) is 0 Å². The fraction of sp³-hybridized carbons (Fsp3) is 1.00. The Bertz CT molecular complexity index is 77.0. The largest absolute Gasteiger partial charge is 0.243 e. The van der Waals surface area contributed by atoms with E-state index in [1.165, 1.54) is 0 Å². The van der Waals surface area contributed by atoms with Crippen molar-refractivity contribution in [2.24, 2.45) is 0 Å². The lowest BCUT2D eigenvalue weighted by Gasteiger charge is -2.11. The van der Waals surface area contributed by atoms with Crippen molar-refractivity contribution in [2.75, 3.05) is 5.88 Å². The molecule has 0 saturated heterocycles. The second-order valence-electron chi connectivity index (χ2n) is 1.45. The van der Waals surface area contributed by atoms with Gasteiger partial charge in [0, 0.05) is 5.88 Å². The summed E-state index contributed by atoms with van der Waals surface area (Å²) in [5, 5.41) is -0.799. The van der Waals surface area contributed by atoms with Gasteiger partial charge in [-0.25, -0.2) is 4.39 Å². The maximum Gasteiger partial charge on any atom is 0.148 e. The lowest BCUT2D eigenvalue weighted by Crippen LogP contribution is -2.23. The summed E-state index contributed by atoms with van der Waals surface area (Å²) in [4.78, 5) is -1.09. The van der Waals surface area contributed by atoms with Crippen LogP contribution >= 0.6 is 46.4 Å². The van der Waals surface area contributed by atoms with Gasteiger partial charge in [0.05, 0.1) is 5.38 Å². The fourth-order valence-corrected chi connectivity index (χ4v) is 1.06. The van der Waals surface area contributed by atoms with Gasteiger partial charge in [0.25, 0.3) is 0 Å². The van der Waals surface area contributed by atoms with E-state index in [1.807, 2.05) is 0 Å². The minimum atomic E-state index is -1.45. The van der Waals surface area contributed by atoms with Crippen LogP contribution < -0.4 is 0 Å². The summed E-state index contributed by atoms with van der Waals surface area (Å²) in [7, 11) is 0. The Balaban J connectivity index is 3.58. The zero-order valence-electron chi connectivity index (χ0n) is 4.33. The third-order valence-electron chi connectivity index (χ3n) is 0.734. The topological polar surface area (TPSA) is 0 Å². The lowest BCUT2D eigenvalue weighted by molar-refractivity contribution is 0.349. The summed E-state index contributed by atoms with van der Waals surface area (Å²) < 4.78 is 12.4. The number of rotatable bonds is 3. The van der Waals surface area contributed by atoms with Gasteiger partial charge >= 0.3 is 0 Å². The van der Waals surface area contributed by atoms with Crippen LogP contribution in [0.2, 0.25) is 0 Å². The van der Waals surface area contributed by atoms with Crippen LogP contribution in [0.3, 0.4) is 0 Å². The van der Waals surface area contributed by atoms with Crippen LogP contribution in [-0.4, -0.2) is 22.3 Å². The second-order valence-corrected chi connectivity index (χ2v) is 3.48. The monoisotopic (exact) mass is 212 g/mol. The summed E-state index contributed by atoms with van der Waals surface area (Å²) in [6, 6.07) is 0. The van der Waals surface area contributed by atoms with E-state index in [-0.39, 0.29) is 5.88 Å². The lowest BCUT2D eigenvalue weighted by atomic mass is 10.3. The highest BCUT2D eigenvalue weighted by molar-refractivity contribution is 6.45. The molecule has 0 bridgehead atoms. The first-order chi connectivity index (χ1) is 4.09. The van der Waals surface area contributed by atoms with Gasteiger partial charge in [-0.15, -0.1) is 46.4 Å². The summed E-state index contributed by atoms with van der Waals surface area (Å²) in [6.07, 6.45) is -1.45. The van der Waals surface area contributed by atoms with Gasteiger partial charge in [-0.2, -0.15) is 0 Å². The van der Waals surface area contributed by atoms with Crippen molar-refractivity contribution in [1.82, 2.24) is 0 Å². The first-order valence-corrected chi connectivity index (χ1v) is 4.06. The number of hydrogen-bond acceptors (Lipinski definition) is 0. The highest BCUT2D eigenvalue weighted by Gasteiger charge is 2.23. The maximum absolute atomic E-state index is 12.4. The molecule has 0 rings (SSSR count). The zero-order valence-corrected chi connectivity index (χ0v) is 7.35. The predicted octanol–water partition coefficient (Wildman–Crippen LogP) is 2.97. The van der Waals surface area contributed by atoms with Gasteiger partial charge in [-0.05, 0) is 0 Å². The van der Waals surface area contributed by atoms with Gasteiger partial charge in [-0.3, -0.25) is 0 Å². The standard InChI is InChI=1S/C4H5Cl4F/c5-1-2(6)3(9)4(7)8/h2-4H,1H2. The molecule has 0 saturated carbocycles. The first kappa shape index (κ1) is 10.1. The molecule has 2 atom stereocenters. The molecule has 56 valence electrons. The second kappa shape index (κ2) is 4.84. The molecule has 0 N–H and O–H groups in total. The fourth-order valence-electron chi connectivity index (χ4n) is 0.243. The average molecular weight is 214 g/mol. The third kappa shape index (κ3) is 3.72. The first-order valence-electron chi connectivity index (χ1n) is 2.22. The molecule has 9 heavy (non-hydrogen) atoms. The average Bonchev–Trinajstić information content (AvgIpc) is 1.84. The molecule has 2 unspecified atom stereocenters. The van der Waals surface area contributed by atoms with Gasteiger partial charge in [0.15, 0.2) is 0 Å². The quantitative estimate of drug-likeness (QED) is 0.633. The molecule has 0 heterocycles. The molecule has 0 aromatic heterocycles. The smallest absolute Gasteiger partial charge is 0.148 e. The molecule has 0 aromatic rings. The van der Waals surface area contributed by atoms with E-state index < -0.39 is 16.4 Å². The molecule has 0 aromatic carbocycles. The summed E-state index contributed by atoms with van der Waals surface area (Å²) in [6.45, 7) is 0. The predicted molar refractivity (Wildman–Crippen MR) is 40.8 cm³/mol. The highest BCUT2D eigenvalue weighted by Crippen LogP contribution is 2.19. The molecule has 0 fully saturated rings. The van der Waals surface area contributed by atoms with Crippen molar-refractivity contribution >= 4 is 46.4 Å². The van der Waals surface area contributed by atoms with Crippen molar-refractivity contribution in [3.63, 3.8) is 0 Å². The van der Waals surface area contributed by atoms with Crippen LogP contribution in [0.1, 0.15) is 0 Å². The SMILES string of the molecule is FC(C(Cl)Cl)C(Cl)CCl. The summed E-state index contributed by atoms with van der Waals surface area (Å²) in [5.41, 5.74) is 0. The minimum Gasteiger partial charge on any atom is -0.243 e. The van der Waals surface area contributed by atoms with Crippen molar-refractivity contribution < 1.29 is 4.39 Å². The molecule has 0 radical (unpaired) electrons. The van der Waals surface area contributed by atoms with E-state index >= 15 is 0 Å². The Morgan fingerprint density at radius 1 is 1.22 bits per heavy atom. The van der Waals surface area contributed by atoms with E-state index in [0.29, 0.717) is 0 Å². The molecule has 0 nitrogen and oxygen atoms in total. The normalized spacial score (nSPS) is 18.0. The molecule has 0 aliphatic carbocycles. The van der Waals surface area contributed by atoms with E-state index in [0.717, 1.165) is 0 Å². The summed E-state index contributed by atoms with van der Waals surface area (Å²) in [5.74, 6) is 0.0126. The van der Waals surface area contributed by atoms with Crippen LogP contribution in [-0.2, 0) is 0 Å². The Morgan fingerprint density at radius 2 is 1.67 bits per heavy atom. The maximum atomic E-state index is 12.4. The third-order valence-corrected chi connectivity index (χ3v) is 2.10. The van der Waals surface area contributed by atoms with Crippen molar-refractivity contribution in [3.05, 3.63) is 0 Å². The molecule has 0 aliphatic heterocycles. The van der Waals surface area contributed by atoms with Crippen LogP contribution in [0.15, 0.2) is 0 Å². The van der Waals surface area contributed by atoms with Gasteiger partial charge in [0.1, 0.15) is 11.0 Å².